The number of carbonyl (C=O) groups is 4. The number of benzene rings is 1. The van der Waals surface area contributed by atoms with Gasteiger partial charge in [0, 0.05) is 56.1 Å². The first-order valence-corrected chi connectivity index (χ1v) is 13.6. The van der Waals surface area contributed by atoms with E-state index in [9.17, 15) is 19.2 Å². The van der Waals surface area contributed by atoms with E-state index in [2.05, 4.69) is 25.8 Å². The zero-order valence-electron chi connectivity index (χ0n) is 21.5. The summed E-state index contributed by atoms with van der Waals surface area (Å²) in [6.07, 6.45) is 2.05. The largest absolute Gasteiger partial charge is 0.397 e. The van der Waals surface area contributed by atoms with Crippen LogP contribution in [0.1, 0.15) is 39.6 Å². The van der Waals surface area contributed by atoms with Gasteiger partial charge in [0.25, 0.3) is 5.91 Å². The number of hydrogen-bond donors (Lipinski definition) is 4. The molecular formula is C25H32ClN7O4S. The third-order valence-electron chi connectivity index (χ3n) is 6.85. The highest BCUT2D eigenvalue weighted by atomic mass is 35.5. The Hall–Kier alpha value is -3.22. The Morgan fingerprint density at radius 1 is 1.13 bits per heavy atom. The molecule has 0 radical (unpaired) electrons. The zero-order valence-corrected chi connectivity index (χ0v) is 23.1. The minimum absolute atomic E-state index is 0.0418. The van der Waals surface area contributed by atoms with Crippen molar-refractivity contribution in [3.05, 3.63) is 38.8 Å². The number of nitrogens with two attached hydrogens (primary N) is 1. The van der Waals surface area contributed by atoms with Crippen LogP contribution in [-0.2, 0) is 27.3 Å². The predicted octanol–water partition coefficient (Wildman–Crippen LogP) is 1.48. The normalized spacial score (nSPS) is 21.2. The lowest BCUT2D eigenvalue weighted by Crippen LogP contribution is -2.57. The summed E-state index contributed by atoms with van der Waals surface area (Å²) in [4.78, 5) is 60.5. The van der Waals surface area contributed by atoms with Gasteiger partial charge in [-0.25, -0.2) is 4.98 Å². The van der Waals surface area contributed by atoms with Crippen LogP contribution in [-0.4, -0.2) is 78.2 Å². The van der Waals surface area contributed by atoms with E-state index in [-0.39, 0.29) is 23.4 Å². The quantitative estimate of drug-likeness (QED) is 0.319. The van der Waals surface area contributed by atoms with E-state index in [1.54, 1.807) is 14.1 Å². The van der Waals surface area contributed by atoms with Crippen molar-refractivity contribution in [2.45, 2.75) is 44.3 Å². The standard InChI is InChI=1S/C25H32ClN7O4S/c1-32(2)25(37)13-4-7-17(29-22(35)21(34)28-14-5-6-15(26)16(27)11-14)19(10-13)30-23(36)24-31-18-8-9-33(3)12-20(18)38-24/h5-6,11,13,17,19H,4,7-10,12,27H2,1-3H3,(H,28,34)(H,29,35)(H,30,36)/t13-,17-,19+/m0/s1. The van der Waals surface area contributed by atoms with Gasteiger partial charge in [0.15, 0.2) is 5.01 Å². The summed E-state index contributed by atoms with van der Waals surface area (Å²) in [5.41, 5.74) is 7.31. The molecule has 0 saturated heterocycles. The van der Waals surface area contributed by atoms with Crippen LogP contribution >= 0.6 is 22.9 Å². The Labute approximate surface area is 230 Å². The number of carbonyl (C=O) groups excluding carboxylic acids is 4. The summed E-state index contributed by atoms with van der Waals surface area (Å²) >= 11 is 7.28. The van der Waals surface area contributed by atoms with Crippen molar-refractivity contribution in [3.63, 3.8) is 0 Å². The van der Waals surface area contributed by atoms with Crippen molar-refractivity contribution < 1.29 is 19.2 Å². The SMILES string of the molecule is CN1CCc2nc(C(=O)N[C@@H]3C[C@@H](C(=O)N(C)C)CC[C@@H]3NC(=O)C(=O)Nc3ccc(Cl)c(N)c3)sc2C1. The second kappa shape index (κ2) is 11.7. The summed E-state index contributed by atoms with van der Waals surface area (Å²) < 4.78 is 0. The highest BCUT2D eigenvalue weighted by molar-refractivity contribution is 7.13. The lowest BCUT2D eigenvalue weighted by Gasteiger charge is -2.37. The molecule has 1 fully saturated rings. The zero-order chi connectivity index (χ0) is 27.6. The van der Waals surface area contributed by atoms with Gasteiger partial charge in [0.1, 0.15) is 0 Å². The van der Waals surface area contributed by atoms with E-state index in [1.165, 1.54) is 34.4 Å². The molecule has 4 amide bonds. The molecule has 2 aromatic rings. The Morgan fingerprint density at radius 2 is 1.89 bits per heavy atom. The third kappa shape index (κ3) is 6.43. The van der Waals surface area contributed by atoms with Crippen molar-refractivity contribution in [2.24, 2.45) is 5.92 Å². The second-order valence-corrected chi connectivity index (χ2v) is 11.5. The molecule has 38 heavy (non-hydrogen) atoms. The second-order valence-electron chi connectivity index (χ2n) is 9.97. The maximum Gasteiger partial charge on any atom is 0.313 e. The number of halogens is 1. The maximum atomic E-state index is 13.2. The van der Waals surface area contributed by atoms with Crippen molar-refractivity contribution in [3.8, 4) is 0 Å². The van der Waals surface area contributed by atoms with E-state index < -0.39 is 23.9 Å². The monoisotopic (exact) mass is 561 g/mol. The van der Waals surface area contributed by atoms with Gasteiger partial charge in [0.05, 0.1) is 22.4 Å². The Kier molecular flexibility index (Phi) is 8.54. The molecule has 0 unspecified atom stereocenters. The lowest BCUT2D eigenvalue weighted by molar-refractivity contribution is -0.137. The van der Waals surface area contributed by atoms with E-state index in [1.807, 2.05) is 7.05 Å². The molecule has 4 rings (SSSR count). The number of rotatable bonds is 5. The van der Waals surface area contributed by atoms with Crippen LogP contribution in [0.25, 0.3) is 0 Å². The summed E-state index contributed by atoms with van der Waals surface area (Å²) in [6, 6.07) is 3.42. The molecule has 204 valence electrons. The Balaban J connectivity index is 1.46. The number of aromatic nitrogens is 1. The number of fused-ring (bicyclic) bond motifs is 1. The van der Waals surface area contributed by atoms with Crippen LogP contribution in [0.15, 0.2) is 18.2 Å². The number of hydrogen-bond acceptors (Lipinski definition) is 8. The van der Waals surface area contributed by atoms with Gasteiger partial charge in [-0.1, -0.05) is 11.6 Å². The maximum absolute atomic E-state index is 13.2. The Bertz CT molecular complexity index is 1250. The fourth-order valence-corrected chi connectivity index (χ4v) is 5.99. The average molecular weight is 562 g/mol. The van der Waals surface area contributed by atoms with Crippen molar-refractivity contribution >= 4 is 57.9 Å². The summed E-state index contributed by atoms with van der Waals surface area (Å²) in [5.74, 6) is -2.43. The highest BCUT2D eigenvalue weighted by Gasteiger charge is 2.37. The van der Waals surface area contributed by atoms with Crippen molar-refractivity contribution in [1.82, 2.24) is 25.4 Å². The molecule has 1 aromatic carbocycles. The molecule has 1 saturated carbocycles. The minimum atomic E-state index is -0.875. The average Bonchev–Trinajstić information content (AvgIpc) is 3.30. The molecule has 1 aromatic heterocycles. The van der Waals surface area contributed by atoms with Crippen LogP contribution in [0.2, 0.25) is 5.02 Å². The Morgan fingerprint density at radius 3 is 2.61 bits per heavy atom. The molecule has 1 aliphatic carbocycles. The first-order chi connectivity index (χ1) is 18.0. The van der Waals surface area contributed by atoms with Crippen molar-refractivity contribution in [1.29, 1.82) is 0 Å². The van der Waals surface area contributed by atoms with Crippen LogP contribution in [0.3, 0.4) is 0 Å². The van der Waals surface area contributed by atoms with Gasteiger partial charge in [-0.3, -0.25) is 19.2 Å². The number of anilines is 2. The fourth-order valence-electron chi connectivity index (χ4n) is 4.79. The third-order valence-corrected chi connectivity index (χ3v) is 8.28. The molecule has 13 heteroatoms. The first-order valence-electron chi connectivity index (χ1n) is 12.4. The van der Waals surface area contributed by atoms with Gasteiger partial charge >= 0.3 is 11.8 Å². The highest BCUT2D eigenvalue weighted by Crippen LogP contribution is 2.28. The molecule has 11 nitrogen and oxygen atoms in total. The summed E-state index contributed by atoms with van der Waals surface area (Å²) in [7, 11) is 5.40. The molecule has 0 bridgehead atoms. The molecule has 1 aliphatic heterocycles. The van der Waals surface area contributed by atoms with Crippen LogP contribution < -0.4 is 21.7 Å². The molecule has 0 spiro atoms. The molecule has 2 heterocycles. The number of thiazole rings is 1. The number of amides is 4. The topological polar surface area (TPSA) is 150 Å². The summed E-state index contributed by atoms with van der Waals surface area (Å²) in [5, 5.41) is 8.92. The van der Waals surface area contributed by atoms with Crippen LogP contribution in [0, 0.1) is 5.92 Å². The van der Waals surface area contributed by atoms with Gasteiger partial charge in [0.2, 0.25) is 5.91 Å². The van der Waals surface area contributed by atoms with Gasteiger partial charge in [-0.15, -0.1) is 11.3 Å². The first kappa shape index (κ1) is 27.8. The number of nitrogens with one attached hydrogen (secondary N) is 3. The van der Waals surface area contributed by atoms with Gasteiger partial charge < -0.3 is 31.5 Å². The van der Waals surface area contributed by atoms with E-state index >= 15 is 0 Å². The molecular weight excluding hydrogens is 530 g/mol. The number of likely N-dealkylation sites (N-methyl/N-ethyl adjacent to an activating group) is 1. The van der Waals surface area contributed by atoms with Crippen molar-refractivity contribution in [2.75, 3.05) is 38.7 Å². The van der Waals surface area contributed by atoms with E-state index in [4.69, 9.17) is 17.3 Å². The van der Waals surface area contributed by atoms with Gasteiger partial charge in [-0.2, -0.15) is 0 Å². The van der Waals surface area contributed by atoms with Gasteiger partial charge in [-0.05, 0) is 44.5 Å². The lowest BCUT2D eigenvalue weighted by atomic mass is 9.81. The van der Waals surface area contributed by atoms with E-state index in [0.29, 0.717) is 35.0 Å². The van der Waals surface area contributed by atoms with Crippen LogP contribution in [0.5, 0.6) is 0 Å². The minimum Gasteiger partial charge on any atom is -0.397 e. The number of nitrogen functional groups attached to an aromatic ring is 1. The molecule has 2 aliphatic rings. The van der Waals surface area contributed by atoms with Crippen LogP contribution in [0.4, 0.5) is 11.4 Å². The summed E-state index contributed by atoms with van der Waals surface area (Å²) in [6.45, 7) is 1.63. The molecule has 3 atom stereocenters. The smallest absolute Gasteiger partial charge is 0.313 e. The molecule has 5 N–H and O–H groups in total. The fraction of sp³-hybridized carbons (Fsp3) is 0.480. The number of nitrogens with zero attached hydrogens (tertiary/aromatic N) is 3. The predicted molar refractivity (Wildman–Crippen MR) is 146 cm³/mol. The van der Waals surface area contributed by atoms with E-state index in [0.717, 1.165) is 30.1 Å².